The number of carbonyl (C=O) groups excluding carboxylic acids is 3. The Morgan fingerprint density at radius 3 is 2.30 bits per heavy atom. The summed E-state index contributed by atoms with van der Waals surface area (Å²) in [5, 5.41) is 3.05. The number of likely N-dealkylation sites (tertiary alicyclic amines) is 1. The molecule has 144 valence electrons. The number of carbonyl (C=O) groups is 3. The van der Waals surface area contributed by atoms with E-state index in [1.54, 1.807) is 6.92 Å². The highest BCUT2D eigenvalue weighted by molar-refractivity contribution is 6.08. The second kappa shape index (κ2) is 7.33. The normalized spacial score (nSPS) is 29.0. The van der Waals surface area contributed by atoms with Gasteiger partial charge < -0.3 is 10.2 Å². The first-order valence-electron chi connectivity index (χ1n) is 10.0. The van der Waals surface area contributed by atoms with Crippen molar-refractivity contribution < 1.29 is 14.4 Å². The minimum absolute atomic E-state index is 0.0373. The molecule has 0 bridgehead atoms. The van der Waals surface area contributed by atoms with E-state index in [1.165, 1.54) is 4.90 Å². The summed E-state index contributed by atoms with van der Waals surface area (Å²) in [6, 6.07) is 9.44. The molecule has 3 amide bonds. The van der Waals surface area contributed by atoms with Gasteiger partial charge in [-0.1, -0.05) is 31.0 Å². The molecule has 0 aromatic heterocycles. The van der Waals surface area contributed by atoms with Gasteiger partial charge in [0.05, 0.1) is 11.8 Å². The minimum Gasteiger partial charge on any atom is -0.369 e. The first kappa shape index (κ1) is 18.0. The number of rotatable bonds is 4. The quantitative estimate of drug-likeness (QED) is 0.824. The Morgan fingerprint density at radius 2 is 1.67 bits per heavy atom. The first-order chi connectivity index (χ1) is 13.1. The number of nitrogens with one attached hydrogen (secondary N) is 1. The van der Waals surface area contributed by atoms with Crippen molar-refractivity contribution in [1.82, 2.24) is 10.2 Å². The number of nitrogens with zero attached hydrogens (tertiary/aromatic N) is 2. The predicted molar refractivity (Wildman–Crippen MR) is 102 cm³/mol. The summed E-state index contributed by atoms with van der Waals surface area (Å²) in [5.41, 5.74) is 1.15. The highest BCUT2D eigenvalue weighted by Gasteiger charge is 2.50. The van der Waals surface area contributed by atoms with Crippen molar-refractivity contribution >= 4 is 23.4 Å². The van der Waals surface area contributed by atoms with Crippen LogP contribution in [0.4, 0.5) is 5.69 Å². The first-order valence-corrected chi connectivity index (χ1v) is 10.0. The maximum atomic E-state index is 12.8. The Labute approximate surface area is 159 Å². The molecule has 1 aromatic carbocycles. The largest absolute Gasteiger partial charge is 0.369 e. The van der Waals surface area contributed by atoms with E-state index in [2.05, 4.69) is 22.3 Å². The Hall–Kier alpha value is -2.37. The molecule has 4 atom stereocenters. The highest BCUT2D eigenvalue weighted by atomic mass is 16.2. The molecule has 1 aromatic rings. The van der Waals surface area contributed by atoms with Gasteiger partial charge in [-0.15, -0.1) is 0 Å². The number of benzene rings is 1. The average Bonchev–Trinajstić information content (AvgIpc) is 3.26. The van der Waals surface area contributed by atoms with E-state index >= 15 is 0 Å². The van der Waals surface area contributed by atoms with Gasteiger partial charge in [0.1, 0.15) is 6.04 Å². The van der Waals surface area contributed by atoms with Gasteiger partial charge in [0, 0.05) is 24.8 Å². The molecule has 1 N–H and O–H groups in total. The van der Waals surface area contributed by atoms with E-state index in [0.29, 0.717) is 0 Å². The van der Waals surface area contributed by atoms with Crippen molar-refractivity contribution in [2.24, 2.45) is 11.8 Å². The van der Waals surface area contributed by atoms with Crippen molar-refractivity contribution in [3.05, 3.63) is 30.3 Å². The van der Waals surface area contributed by atoms with Crippen molar-refractivity contribution in [2.45, 2.75) is 51.1 Å². The molecule has 6 nitrogen and oxygen atoms in total. The smallest absolute Gasteiger partial charge is 0.243 e. The second-order valence-electron chi connectivity index (χ2n) is 8.00. The molecule has 3 aliphatic rings. The van der Waals surface area contributed by atoms with Gasteiger partial charge in [0.2, 0.25) is 17.7 Å². The Balaban J connectivity index is 1.37. The van der Waals surface area contributed by atoms with Gasteiger partial charge in [-0.3, -0.25) is 19.3 Å². The number of anilines is 1. The molecule has 6 heteroatoms. The van der Waals surface area contributed by atoms with Gasteiger partial charge in [-0.2, -0.15) is 0 Å². The van der Waals surface area contributed by atoms with E-state index in [0.717, 1.165) is 50.9 Å². The summed E-state index contributed by atoms with van der Waals surface area (Å²) in [5.74, 6) is -0.937. The lowest BCUT2D eigenvalue weighted by Crippen LogP contribution is -2.51. The zero-order valence-corrected chi connectivity index (χ0v) is 15.8. The topological polar surface area (TPSA) is 69.7 Å². The molecule has 0 spiro atoms. The number of fused-ring (bicyclic) bond motifs is 1. The molecule has 1 aliphatic carbocycles. The van der Waals surface area contributed by atoms with Crippen molar-refractivity contribution in [2.75, 3.05) is 18.0 Å². The van der Waals surface area contributed by atoms with Crippen LogP contribution in [0.3, 0.4) is 0 Å². The third kappa shape index (κ3) is 3.33. The third-order valence-corrected chi connectivity index (χ3v) is 6.30. The number of imide groups is 1. The van der Waals surface area contributed by atoms with Crippen LogP contribution in [-0.2, 0) is 14.4 Å². The highest BCUT2D eigenvalue weighted by Crippen LogP contribution is 2.38. The molecule has 2 aliphatic heterocycles. The number of amides is 3. The van der Waals surface area contributed by atoms with Crippen molar-refractivity contribution in [3.8, 4) is 0 Å². The Morgan fingerprint density at radius 1 is 1.04 bits per heavy atom. The van der Waals surface area contributed by atoms with Crippen LogP contribution in [0.1, 0.15) is 39.0 Å². The van der Waals surface area contributed by atoms with E-state index in [4.69, 9.17) is 0 Å². The standard InChI is InChI=1S/C21H27N3O3/c1-14(24-20(26)17-9-5-6-10-18(17)21(24)27)19(25)22-15-11-12-23(13-15)16-7-3-2-4-8-16/h2-4,7-8,14-15,17-18H,5-6,9-13H2,1H3,(H,22,25). The summed E-state index contributed by atoms with van der Waals surface area (Å²) >= 11 is 0. The van der Waals surface area contributed by atoms with Crippen LogP contribution in [0, 0.1) is 11.8 Å². The van der Waals surface area contributed by atoms with Crippen LogP contribution in [0.15, 0.2) is 30.3 Å². The molecule has 1 saturated carbocycles. The molecular formula is C21H27N3O3. The third-order valence-electron chi connectivity index (χ3n) is 6.30. The fourth-order valence-electron chi connectivity index (χ4n) is 4.76. The maximum Gasteiger partial charge on any atom is 0.243 e. The lowest BCUT2D eigenvalue weighted by atomic mass is 9.81. The average molecular weight is 369 g/mol. The maximum absolute atomic E-state index is 12.8. The van der Waals surface area contributed by atoms with Gasteiger partial charge in [0.25, 0.3) is 0 Å². The van der Waals surface area contributed by atoms with Crippen LogP contribution in [-0.4, -0.2) is 47.8 Å². The van der Waals surface area contributed by atoms with E-state index < -0.39 is 6.04 Å². The fraction of sp³-hybridized carbons (Fsp3) is 0.571. The van der Waals surface area contributed by atoms with Crippen molar-refractivity contribution in [3.63, 3.8) is 0 Å². The predicted octanol–water partition coefficient (Wildman–Crippen LogP) is 1.95. The summed E-state index contributed by atoms with van der Waals surface area (Å²) in [7, 11) is 0. The summed E-state index contributed by atoms with van der Waals surface area (Å²) in [6.45, 7) is 3.30. The molecule has 3 fully saturated rings. The van der Waals surface area contributed by atoms with Crippen molar-refractivity contribution in [1.29, 1.82) is 0 Å². The Bertz CT molecular complexity index is 711. The lowest BCUT2D eigenvalue weighted by Gasteiger charge is -2.24. The summed E-state index contributed by atoms with van der Waals surface area (Å²) < 4.78 is 0. The molecule has 4 unspecified atom stereocenters. The van der Waals surface area contributed by atoms with Crippen LogP contribution >= 0.6 is 0 Å². The summed E-state index contributed by atoms with van der Waals surface area (Å²) in [6.07, 6.45) is 4.39. The molecule has 27 heavy (non-hydrogen) atoms. The van der Waals surface area contributed by atoms with Crippen LogP contribution in [0.25, 0.3) is 0 Å². The van der Waals surface area contributed by atoms with Gasteiger partial charge in [-0.25, -0.2) is 0 Å². The zero-order valence-electron chi connectivity index (χ0n) is 15.8. The number of hydrogen-bond donors (Lipinski definition) is 1. The molecule has 2 saturated heterocycles. The second-order valence-corrected chi connectivity index (χ2v) is 8.00. The van der Waals surface area contributed by atoms with Crippen LogP contribution in [0.2, 0.25) is 0 Å². The van der Waals surface area contributed by atoms with E-state index in [-0.39, 0.29) is 35.6 Å². The fourth-order valence-corrected chi connectivity index (χ4v) is 4.76. The van der Waals surface area contributed by atoms with Crippen LogP contribution in [0.5, 0.6) is 0 Å². The minimum atomic E-state index is -0.735. The number of para-hydroxylation sites is 1. The monoisotopic (exact) mass is 369 g/mol. The van der Waals surface area contributed by atoms with Crippen LogP contribution < -0.4 is 10.2 Å². The molecule has 2 heterocycles. The number of hydrogen-bond acceptors (Lipinski definition) is 4. The molecular weight excluding hydrogens is 342 g/mol. The lowest BCUT2D eigenvalue weighted by molar-refractivity contribution is -0.147. The zero-order chi connectivity index (χ0) is 19.0. The Kier molecular flexibility index (Phi) is 4.89. The van der Waals surface area contributed by atoms with E-state index in [9.17, 15) is 14.4 Å². The SMILES string of the molecule is CC(C(=O)NC1CCN(c2ccccc2)C1)N1C(=O)C2CCCCC2C1=O. The summed E-state index contributed by atoms with van der Waals surface area (Å²) in [4.78, 5) is 41.6. The van der Waals surface area contributed by atoms with Gasteiger partial charge in [0.15, 0.2) is 0 Å². The molecule has 0 radical (unpaired) electrons. The van der Waals surface area contributed by atoms with Gasteiger partial charge in [-0.05, 0) is 38.3 Å². The molecule has 4 rings (SSSR count). The van der Waals surface area contributed by atoms with Gasteiger partial charge >= 0.3 is 0 Å². The van der Waals surface area contributed by atoms with E-state index in [1.807, 2.05) is 18.2 Å².